The van der Waals surface area contributed by atoms with Crippen molar-refractivity contribution in [3.8, 4) is 11.1 Å². The van der Waals surface area contributed by atoms with Crippen LogP contribution in [0.5, 0.6) is 0 Å². The average Bonchev–Trinajstić information content (AvgIpc) is 2.73. The summed E-state index contributed by atoms with van der Waals surface area (Å²) in [5.41, 5.74) is 2.36. The second-order valence-electron chi connectivity index (χ2n) is 8.19. The summed E-state index contributed by atoms with van der Waals surface area (Å²) in [7, 11) is 0. The SMILES string of the molecule is CC(C)CC(=O)C(=O)N1CCCC(C(=O)Nc2cccc(-c3ccc(F)cc3)c2)C1. The highest BCUT2D eigenvalue weighted by Crippen LogP contribution is 2.24. The normalized spacial score (nSPS) is 16.4. The molecule has 0 spiro atoms. The maximum atomic E-state index is 13.2. The standard InChI is InChI=1S/C24H27FN2O3/c1-16(2)13-22(28)24(30)27-12-4-6-19(15-27)23(29)26-21-7-3-5-18(14-21)17-8-10-20(25)11-9-17/h3,5,7-11,14,16,19H,4,6,12-13,15H2,1-2H3,(H,26,29). The molecule has 0 bridgehead atoms. The Morgan fingerprint density at radius 2 is 1.83 bits per heavy atom. The minimum Gasteiger partial charge on any atom is -0.335 e. The molecule has 1 saturated heterocycles. The molecule has 2 aromatic carbocycles. The Hall–Kier alpha value is -3.02. The Kier molecular flexibility index (Phi) is 6.98. The van der Waals surface area contributed by atoms with Crippen molar-refractivity contribution < 1.29 is 18.8 Å². The van der Waals surface area contributed by atoms with Gasteiger partial charge in [-0.2, -0.15) is 0 Å². The Bertz CT molecular complexity index is 924. The lowest BCUT2D eigenvalue weighted by molar-refractivity contribution is -0.146. The third kappa shape index (κ3) is 5.53. The first-order chi connectivity index (χ1) is 14.3. The maximum Gasteiger partial charge on any atom is 0.289 e. The number of nitrogens with one attached hydrogen (secondary N) is 1. The molecule has 1 N–H and O–H groups in total. The first-order valence-electron chi connectivity index (χ1n) is 10.3. The van der Waals surface area contributed by atoms with Gasteiger partial charge in [-0.15, -0.1) is 0 Å². The second kappa shape index (κ2) is 9.65. The number of anilines is 1. The molecule has 1 unspecified atom stereocenters. The zero-order valence-electron chi connectivity index (χ0n) is 17.4. The molecule has 1 fully saturated rings. The number of Topliss-reactive ketones (excluding diaryl/α,β-unsaturated/α-hetero) is 1. The molecule has 5 nitrogen and oxygen atoms in total. The van der Waals surface area contributed by atoms with E-state index in [4.69, 9.17) is 0 Å². The predicted molar refractivity (Wildman–Crippen MR) is 114 cm³/mol. The molecule has 0 saturated carbocycles. The van der Waals surface area contributed by atoms with Crippen molar-refractivity contribution in [2.45, 2.75) is 33.1 Å². The number of hydrogen-bond donors (Lipinski definition) is 1. The van der Waals surface area contributed by atoms with Crippen LogP contribution >= 0.6 is 0 Å². The number of carbonyl (C=O) groups excluding carboxylic acids is 3. The minimum atomic E-state index is -0.487. The molecule has 0 aliphatic carbocycles. The molecule has 2 amide bonds. The predicted octanol–water partition coefficient (Wildman–Crippen LogP) is 4.29. The van der Waals surface area contributed by atoms with Gasteiger partial charge in [0.25, 0.3) is 5.91 Å². The van der Waals surface area contributed by atoms with Crippen molar-refractivity contribution in [2.24, 2.45) is 11.8 Å². The van der Waals surface area contributed by atoms with Crippen LogP contribution in [-0.2, 0) is 14.4 Å². The lowest BCUT2D eigenvalue weighted by Gasteiger charge is -2.31. The lowest BCUT2D eigenvalue weighted by atomic mass is 9.96. The van der Waals surface area contributed by atoms with Gasteiger partial charge in [-0.1, -0.05) is 38.1 Å². The fourth-order valence-electron chi connectivity index (χ4n) is 3.67. The fourth-order valence-corrected chi connectivity index (χ4v) is 3.67. The van der Waals surface area contributed by atoms with Crippen molar-refractivity contribution >= 4 is 23.3 Å². The first-order valence-corrected chi connectivity index (χ1v) is 10.3. The molecule has 1 aliphatic rings. The van der Waals surface area contributed by atoms with Crippen molar-refractivity contribution in [1.29, 1.82) is 0 Å². The third-order valence-electron chi connectivity index (χ3n) is 5.22. The van der Waals surface area contributed by atoms with E-state index in [-0.39, 0.29) is 36.5 Å². The van der Waals surface area contributed by atoms with Crippen LogP contribution in [0.25, 0.3) is 11.1 Å². The summed E-state index contributed by atoms with van der Waals surface area (Å²) in [5, 5.41) is 2.92. The first kappa shape index (κ1) is 21.7. The summed E-state index contributed by atoms with van der Waals surface area (Å²) >= 11 is 0. The smallest absolute Gasteiger partial charge is 0.289 e. The summed E-state index contributed by atoms with van der Waals surface area (Å²) < 4.78 is 13.2. The van der Waals surface area contributed by atoms with Gasteiger partial charge in [-0.3, -0.25) is 14.4 Å². The van der Waals surface area contributed by atoms with Crippen LogP contribution in [0.1, 0.15) is 33.1 Å². The van der Waals surface area contributed by atoms with E-state index < -0.39 is 11.7 Å². The largest absolute Gasteiger partial charge is 0.335 e. The van der Waals surface area contributed by atoms with E-state index in [1.54, 1.807) is 18.2 Å². The highest BCUT2D eigenvalue weighted by atomic mass is 19.1. The van der Waals surface area contributed by atoms with Crippen molar-refractivity contribution in [2.75, 3.05) is 18.4 Å². The van der Waals surface area contributed by atoms with Gasteiger partial charge in [-0.25, -0.2) is 4.39 Å². The number of likely N-dealkylation sites (tertiary alicyclic amines) is 1. The highest BCUT2D eigenvalue weighted by molar-refractivity contribution is 6.36. The Labute approximate surface area is 176 Å². The van der Waals surface area contributed by atoms with Crippen molar-refractivity contribution in [3.63, 3.8) is 0 Å². The Morgan fingerprint density at radius 1 is 1.10 bits per heavy atom. The van der Waals surface area contributed by atoms with Crippen LogP contribution in [0, 0.1) is 17.7 Å². The van der Waals surface area contributed by atoms with E-state index >= 15 is 0 Å². The summed E-state index contributed by atoms with van der Waals surface area (Å²) in [5.74, 6) is -1.58. The second-order valence-corrected chi connectivity index (χ2v) is 8.19. The zero-order chi connectivity index (χ0) is 21.7. The third-order valence-corrected chi connectivity index (χ3v) is 5.22. The molecular formula is C24H27FN2O3. The van der Waals surface area contributed by atoms with Crippen LogP contribution in [0.4, 0.5) is 10.1 Å². The van der Waals surface area contributed by atoms with Crippen LogP contribution in [0.3, 0.4) is 0 Å². The van der Waals surface area contributed by atoms with E-state index in [0.29, 0.717) is 25.1 Å². The van der Waals surface area contributed by atoms with E-state index in [1.165, 1.54) is 17.0 Å². The Morgan fingerprint density at radius 3 is 2.53 bits per heavy atom. The van der Waals surface area contributed by atoms with Gasteiger partial charge in [0, 0.05) is 25.2 Å². The van der Waals surface area contributed by atoms with Gasteiger partial charge >= 0.3 is 0 Å². The highest BCUT2D eigenvalue weighted by Gasteiger charge is 2.31. The quantitative estimate of drug-likeness (QED) is 0.723. The topological polar surface area (TPSA) is 66.5 Å². The van der Waals surface area contributed by atoms with Crippen LogP contribution in [0.2, 0.25) is 0 Å². The molecule has 30 heavy (non-hydrogen) atoms. The number of nitrogens with zero attached hydrogens (tertiary/aromatic N) is 1. The van der Waals surface area contributed by atoms with Gasteiger partial charge in [0.1, 0.15) is 5.82 Å². The maximum absolute atomic E-state index is 13.2. The van der Waals surface area contributed by atoms with Crippen molar-refractivity contribution in [3.05, 3.63) is 54.3 Å². The number of amides is 2. The van der Waals surface area contributed by atoms with E-state index in [2.05, 4.69) is 5.32 Å². The minimum absolute atomic E-state index is 0.124. The summed E-state index contributed by atoms with van der Waals surface area (Å²) in [6.45, 7) is 4.56. The number of rotatable bonds is 6. The number of piperidine rings is 1. The van der Waals surface area contributed by atoms with Gasteiger partial charge in [0.15, 0.2) is 0 Å². The number of carbonyl (C=O) groups is 3. The number of benzene rings is 2. The average molecular weight is 410 g/mol. The van der Waals surface area contributed by atoms with Crippen molar-refractivity contribution in [1.82, 2.24) is 4.90 Å². The van der Waals surface area contributed by atoms with Gasteiger partial charge < -0.3 is 10.2 Å². The molecule has 0 radical (unpaired) electrons. The molecule has 6 heteroatoms. The molecule has 1 aliphatic heterocycles. The van der Waals surface area contributed by atoms with E-state index in [9.17, 15) is 18.8 Å². The summed E-state index contributed by atoms with van der Waals surface area (Å²) in [6, 6.07) is 13.5. The van der Waals surface area contributed by atoms with E-state index in [0.717, 1.165) is 11.1 Å². The van der Waals surface area contributed by atoms with Crippen LogP contribution < -0.4 is 5.32 Å². The molecule has 1 atom stereocenters. The molecule has 158 valence electrons. The summed E-state index contributed by atoms with van der Waals surface area (Å²) in [6.07, 6.45) is 1.59. The van der Waals surface area contributed by atoms with E-state index in [1.807, 2.05) is 32.0 Å². The lowest BCUT2D eigenvalue weighted by Crippen LogP contribution is -2.46. The molecule has 2 aromatic rings. The zero-order valence-corrected chi connectivity index (χ0v) is 17.4. The number of ketones is 1. The van der Waals surface area contributed by atoms with Gasteiger partial charge in [-0.05, 0) is 54.2 Å². The number of halogens is 1. The molecule has 3 rings (SSSR count). The van der Waals surface area contributed by atoms with Crippen LogP contribution in [-0.4, -0.2) is 35.6 Å². The summed E-state index contributed by atoms with van der Waals surface area (Å²) in [4.78, 5) is 38.8. The van der Waals surface area contributed by atoms with Crippen LogP contribution in [0.15, 0.2) is 48.5 Å². The molecule has 0 aromatic heterocycles. The van der Waals surface area contributed by atoms with Gasteiger partial charge in [0.05, 0.1) is 5.92 Å². The number of hydrogen-bond acceptors (Lipinski definition) is 3. The van der Waals surface area contributed by atoms with Gasteiger partial charge in [0.2, 0.25) is 11.7 Å². The Balaban J connectivity index is 1.64. The monoisotopic (exact) mass is 410 g/mol. The molecule has 1 heterocycles. The molecular weight excluding hydrogens is 383 g/mol. The fraction of sp³-hybridized carbons (Fsp3) is 0.375.